The van der Waals surface area contributed by atoms with E-state index in [1.165, 1.54) is 29.8 Å². The Balaban J connectivity index is 1.54. The van der Waals surface area contributed by atoms with Crippen LogP contribution < -0.4 is 24.4 Å². The lowest BCUT2D eigenvalue weighted by atomic mass is 10.0. The van der Waals surface area contributed by atoms with Crippen LogP contribution in [-0.4, -0.2) is 24.3 Å². The van der Waals surface area contributed by atoms with Gasteiger partial charge in [0.2, 0.25) is 0 Å². The van der Waals surface area contributed by atoms with Crippen LogP contribution in [0.5, 0.6) is 11.5 Å². The van der Waals surface area contributed by atoms with E-state index in [0.29, 0.717) is 49.3 Å². The molecule has 3 heterocycles. The van der Waals surface area contributed by atoms with Gasteiger partial charge in [-0.25, -0.2) is 9.79 Å². The Kier molecular flexibility index (Phi) is 8.60. The Bertz CT molecular complexity index is 1780. The molecule has 0 spiro atoms. The second kappa shape index (κ2) is 12.1. The second-order valence-corrected chi connectivity index (χ2v) is 12.1. The summed E-state index contributed by atoms with van der Waals surface area (Å²) in [6.07, 6.45) is 1.74. The average molecular weight is 660 g/mol. The smallest absolute Gasteiger partial charge is 0.338 e. The van der Waals surface area contributed by atoms with E-state index in [0.717, 1.165) is 14.9 Å². The quantitative estimate of drug-likeness (QED) is 0.222. The van der Waals surface area contributed by atoms with Crippen LogP contribution in [0.15, 0.2) is 79.4 Å². The number of hydrogen-bond donors (Lipinski definition) is 0. The number of carbonyl (C=O) groups excluding carboxylic acids is 1. The maximum Gasteiger partial charge on any atom is 0.338 e. The summed E-state index contributed by atoms with van der Waals surface area (Å²) >= 11 is 12.8. The Morgan fingerprint density at radius 3 is 2.67 bits per heavy atom. The van der Waals surface area contributed by atoms with Gasteiger partial charge in [-0.1, -0.05) is 57.1 Å². The first-order valence-corrected chi connectivity index (χ1v) is 15.1. The van der Waals surface area contributed by atoms with Crippen molar-refractivity contribution in [3.05, 3.63) is 110 Å². The molecule has 2 aromatic carbocycles. The molecule has 7 nitrogen and oxygen atoms in total. The summed E-state index contributed by atoms with van der Waals surface area (Å²) in [5, 5.41) is 2.27. The van der Waals surface area contributed by atoms with Gasteiger partial charge in [-0.3, -0.25) is 9.36 Å². The Labute approximate surface area is 251 Å². The minimum atomic E-state index is -0.620. The Hall–Kier alpha value is -3.18. The summed E-state index contributed by atoms with van der Waals surface area (Å²) < 4.78 is 19.9. The van der Waals surface area contributed by atoms with Gasteiger partial charge in [-0.05, 0) is 66.8 Å². The number of thiophene rings is 1. The molecule has 0 radical (unpaired) electrons. The molecule has 5 rings (SSSR count). The van der Waals surface area contributed by atoms with Crippen molar-refractivity contribution in [2.45, 2.75) is 26.5 Å². The standard InChI is InChI=1S/C29H24BrClN2O5S2/c1-4-37-28(35)24-16(2)32-29-33(25(24)22-6-5-11-39-22)27(34)23(40-29)14-18-12-20(31)26(21(13-18)36-3)38-15-17-7-9-19(30)10-8-17/h5-14,25H,4,15H2,1-3H3/b23-14-/t25-/m0/s1. The molecule has 0 aliphatic carbocycles. The molecule has 11 heteroatoms. The van der Waals surface area contributed by atoms with Gasteiger partial charge in [0.15, 0.2) is 16.3 Å². The van der Waals surface area contributed by atoms with Crippen molar-refractivity contribution in [3.8, 4) is 11.5 Å². The zero-order valence-corrected chi connectivity index (χ0v) is 25.7. The number of aromatic nitrogens is 1. The molecular formula is C29H24BrClN2O5S2. The van der Waals surface area contributed by atoms with Gasteiger partial charge >= 0.3 is 5.97 Å². The predicted molar refractivity (Wildman–Crippen MR) is 161 cm³/mol. The molecule has 1 aliphatic rings. The molecule has 0 unspecified atom stereocenters. The second-order valence-electron chi connectivity index (χ2n) is 8.77. The van der Waals surface area contributed by atoms with Gasteiger partial charge in [-0.15, -0.1) is 11.3 Å². The van der Waals surface area contributed by atoms with Crippen molar-refractivity contribution in [1.82, 2.24) is 4.57 Å². The van der Waals surface area contributed by atoms with E-state index in [1.807, 2.05) is 41.8 Å². The van der Waals surface area contributed by atoms with Crippen molar-refractivity contribution in [2.75, 3.05) is 13.7 Å². The number of esters is 1. The highest BCUT2D eigenvalue weighted by Crippen LogP contribution is 2.37. The summed E-state index contributed by atoms with van der Waals surface area (Å²) in [5.74, 6) is 0.380. The third-order valence-electron chi connectivity index (χ3n) is 6.18. The largest absolute Gasteiger partial charge is 0.493 e. The maximum atomic E-state index is 13.8. The van der Waals surface area contributed by atoms with E-state index in [9.17, 15) is 9.59 Å². The van der Waals surface area contributed by atoms with Crippen LogP contribution in [-0.2, 0) is 16.1 Å². The molecule has 0 fully saturated rings. The van der Waals surface area contributed by atoms with Crippen LogP contribution in [0.1, 0.15) is 35.9 Å². The normalized spacial score (nSPS) is 15.0. The summed E-state index contributed by atoms with van der Waals surface area (Å²) in [7, 11) is 1.54. The summed E-state index contributed by atoms with van der Waals surface area (Å²) in [6, 6.07) is 14.5. The van der Waals surface area contributed by atoms with E-state index in [1.54, 1.807) is 36.6 Å². The molecule has 2 aromatic heterocycles. The van der Waals surface area contributed by atoms with Gasteiger partial charge < -0.3 is 14.2 Å². The predicted octanol–water partition coefficient (Wildman–Crippen LogP) is 5.86. The lowest BCUT2D eigenvalue weighted by molar-refractivity contribution is -0.139. The molecule has 0 N–H and O–H groups in total. The molecule has 206 valence electrons. The fraction of sp³-hybridized carbons (Fsp3) is 0.207. The molecule has 1 atom stereocenters. The number of halogens is 2. The van der Waals surface area contributed by atoms with E-state index in [4.69, 9.17) is 25.8 Å². The van der Waals surface area contributed by atoms with Crippen LogP contribution in [0.3, 0.4) is 0 Å². The molecular weight excluding hydrogens is 636 g/mol. The van der Waals surface area contributed by atoms with Crippen LogP contribution in [0.25, 0.3) is 6.08 Å². The number of fused-ring (bicyclic) bond motifs is 1. The molecule has 0 saturated carbocycles. The lowest BCUT2D eigenvalue weighted by Gasteiger charge is -2.23. The molecule has 0 bridgehead atoms. The monoisotopic (exact) mass is 658 g/mol. The molecule has 4 aromatic rings. The molecule has 0 amide bonds. The van der Waals surface area contributed by atoms with Gasteiger partial charge in [0.25, 0.3) is 5.56 Å². The highest BCUT2D eigenvalue weighted by atomic mass is 79.9. The first kappa shape index (κ1) is 28.4. The first-order valence-electron chi connectivity index (χ1n) is 12.3. The van der Waals surface area contributed by atoms with Crippen molar-refractivity contribution < 1.29 is 19.0 Å². The van der Waals surface area contributed by atoms with Crippen molar-refractivity contribution in [1.29, 1.82) is 0 Å². The number of ether oxygens (including phenoxy) is 3. The first-order chi connectivity index (χ1) is 19.3. The topological polar surface area (TPSA) is 79.1 Å². The van der Waals surface area contributed by atoms with Crippen LogP contribution in [0, 0.1) is 0 Å². The highest BCUT2D eigenvalue weighted by molar-refractivity contribution is 9.10. The summed E-state index contributed by atoms with van der Waals surface area (Å²) in [6.45, 7) is 4.05. The van der Waals surface area contributed by atoms with Gasteiger partial charge in [-0.2, -0.15) is 0 Å². The lowest BCUT2D eigenvalue weighted by Crippen LogP contribution is -2.39. The fourth-order valence-electron chi connectivity index (χ4n) is 4.36. The van der Waals surface area contributed by atoms with E-state index in [2.05, 4.69) is 20.9 Å². The zero-order valence-electron chi connectivity index (χ0n) is 21.8. The number of allylic oxidation sites excluding steroid dienone is 1. The minimum absolute atomic E-state index is 0.225. The SMILES string of the molecule is CCOC(=O)C1=C(C)N=c2s/c(=C\c3cc(Cl)c(OCc4ccc(Br)cc4)c(OC)c3)c(=O)n2[C@H]1c1cccs1. The van der Waals surface area contributed by atoms with Crippen LogP contribution in [0.4, 0.5) is 0 Å². The van der Waals surface area contributed by atoms with E-state index >= 15 is 0 Å². The Morgan fingerprint density at radius 1 is 1.23 bits per heavy atom. The van der Waals surface area contributed by atoms with Gasteiger partial charge in [0.1, 0.15) is 12.6 Å². The van der Waals surface area contributed by atoms with Crippen molar-refractivity contribution in [2.24, 2.45) is 4.99 Å². The van der Waals surface area contributed by atoms with Crippen molar-refractivity contribution >= 4 is 62.2 Å². The van der Waals surface area contributed by atoms with Crippen LogP contribution in [0.2, 0.25) is 5.02 Å². The van der Waals surface area contributed by atoms with Gasteiger partial charge in [0.05, 0.1) is 34.5 Å². The zero-order chi connectivity index (χ0) is 28.4. The maximum absolute atomic E-state index is 13.8. The number of carbonyl (C=O) groups is 1. The van der Waals surface area contributed by atoms with E-state index < -0.39 is 12.0 Å². The number of rotatable bonds is 8. The minimum Gasteiger partial charge on any atom is -0.493 e. The number of nitrogens with zero attached hydrogens (tertiary/aromatic N) is 2. The molecule has 0 saturated heterocycles. The summed E-state index contributed by atoms with van der Waals surface area (Å²) in [5.41, 5.74) is 2.27. The molecule has 40 heavy (non-hydrogen) atoms. The number of benzene rings is 2. The Morgan fingerprint density at radius 2 is 2.00 bits per heavy atom. The fourth-order valence-corrected chi connectivity index (χ4v) is 6.77. The number of hydrogen-bond acceptors (Lipinski definition) is 8. The van der Waals surface area contributed by atoms with Crippen LogP contribution >= 0.6 is 50.2 Å². The number of thiazole rings is 1. The molecule has 1 aliphatic heterocycles. The third-order valence-corrected chi connectivity index (χ3v) is 8.89. The van der Waals surface area contributed by atoms with Gasteiger partial charge in [0, 0.05) is 9.35 Å². The average Bonchev–Trinajstić information content (AvgIpc) is 3.56. The highest BCUT2D eigenvalue weighted by Gasteiger charge is 2.33. The third kappa shape index (κ3) is 5.67. The van der Waals surface area contributed by atoms with Crippen molar-refractivity contribution in [3.63, 3.8) is 0 Å². The summed E-state index contributed by atoms with van der Waals surface area (Å²) in [4.78, 5) is 32.7. The van der Waals surface area contributed by atoms with E-state index in [-0.39, 0.29) is 12.2 Å². The number of methoxy groups -OCH3 is 1.